The fourth-order valence-electron chi connectivity index (χ4n) is 4.86. The molecule has 0 spiro atoms. The Hall–Kier alpha value is -1.35. The first-order chi connectivity index (χ1) is 12.2. The van der Waals surface area contributed by atoms with Gasteiger partial charge in [0.15, 0.2) is 0 Å². The highest BCUT2D eigenvalue weighted by Gasteiger charge is 2.31. The summed E-state index contributed by atoms with van der Waals surface area (Å²) in [5, 5.41) is 0. The topological polar surface area (TPSA) is 35.5 Å². The largest absolute Gasteiger partial charge is 0.427 e. The van der Waals surface area contributed by atoms with E-state index in [2.05, 4.69) is 19.1 Å². The lowest BCUT2D eigenvalue weighted by Crippen LogP contribution is -2.28. The Labute approximate surface area is 152 Å². The van der Waals surface area contributed by atoms with E-state index >= 15 is 0 Å². The van der Waals surface area contributed by atoms with Gasteiger partial charge < -0.3 is 9.47 Å². The lowest BCUT2D eigenvalue weighted by Gasteiger charge is -2.37. The third-order valence-corrected chi connectivity index (χ3v) is 6.17. The molecule has 3 nitrogen and oxygen atoms in total. The van der Waals surface area contributed by atoms with E-state index in [4.69, 9.17) is 9.47 Å². The van der Waals surface area contributed by atoms with E-state index in [0.717, 1.165) is 18.4 Å². The number of carbonyl (C=O) groups excluding carboxylic acids is 1. The standard InChI is InChI=1S/C22H32O3/c1-3-24-21-12-8-19(9-13-21)17-4-6-18(7-5-17)20-10-14-22(15-11-20)25-16(2)23/h10-11,14-15,17-19,21H,3-9,12-13H2,1-2H3. The van der Waals surface area contributed by atoms with Crippen LogP contribution in [0, 0.1) is 11.8 Å². The van der Waals surface area contributed by atoms with Crippen molar-refractivity contribution in [2.75, 3.05) is 6.61 Å². The molecule has 2 saturated carbocycles. The van der Waals surface area contributed by atoms with Gasteiger partial charge in [-0.2, -0.15) is 0 Å². The summed E-state index contributed by atoms with van der Waals surface area (Å²) in [5.74, 6) is 2.90. The van der Waals surface area contributed by atoms with Crippen LogP contribution in [0.15, 0.2) is 24.3 Å². The zero-order chi connectivity index (χ0) is 17.6. The molecule has 0 N–H and O–H groups in total. The smallest absolute Gasteiger partial charge is 0.308 e. The van der Waals surface area contributed by atoms with E-state index in [1.807, 2.05) is 12.1 Å². The second-order valence-corrected chi connectivity index (χ2v) is 7.77. The van der Waals surface area contributed by atoms with E-state index in [1.54, 1.807) is 0 Å². The van der Waals surface area contributed by atoms with Crippen molar-refractivity contribution in [3.05, 3.63) is 29.8 Å². The second kappa shape index (κ2) is 8.84. The summed E-state index contributed by atoms with van der Waals surface area (Å²) in [7, 11) is 0. The molecule has 2 aliphatic carbocycles. The second-order valence-electron chi connectivity index (χ2n) is 7.77. The Morgan fingerprint density at radius 2 is 1.48 bits per heavy atom. The molecule has 0 saturated heterocycles. The number of rotatable bonds is 5. The van der Waals surface area contributed by atoms with Crippen LogP contribution < -0.4 is 4.74 Å². The minimum Gasteiger partial charge on any atom is -0.427 e. The van der Waals surface area contributed by atoms with Crippen molar-refractivity contribution in [1.82, 2.24) is 0 Å². The quantitative estimate of drug-likeness (QED) is 0.524. The normalized spacial score (nSPS) is 30.0. The van der Waals surface area contributed by atoms with Crippen molar-refractivity contribution in [1.29, 1.82) is 0 Å². The van der Waals surface area contributed by atoms with Gasteiger partial charge in [-0.3, -0.25) is 4.79 Å². The first kappa shape index (κ1) is 18.4. The van der Waals surface area contributed by atoms with Crippen LogP contribution in [-0.4, -0.2) is 18.7 Å². The van der Waals surface area contributed by atoms with Gasteiger partial charge in [-0.05, 0) is 93.7 Å². The number of esters is 1. The van der Waals surface area contributed by atoms with Crippen LogP contribution in [0.3, 0.4) is 0 Å². The highest BCUT2D eigenvalue weighted by atomic mass is 16.5. The molecular formula is C22H32O3. The maximum Gasteiger partial charge on any atom is 0.308 e. The van der Waals surface area contributed by atoms with E-state index in [1.165, 1.54) is 63.9 Å². The molecular weight excluding hydrogens is 312 g/mol. The van der Waals surface area contributed by atoms with Crippen molar-refractivity contribution in [2.45, 2.75) is 77.2 Å². The predicted octanol–water partition coefficient (Wildman–Crippen LogP) is 5.48. The van der Waals surface area contributed by atoms with Crippen LogP contribution in [-0.2, 0) is 9.53 Å². The minimum atomic E-state index is -0.257. The average Bonchev–Trinajstić information content (AvgIpc) is 2.63. The van der Waals surface area contributed by atoms with Gasteiger partial charge >= 0.3 is 5.97 Å². The number of ether oxygens (including phenoxy) is 2. The maximum atomic E-state index is 11.0. The SMILES string of the molecule is CCOC1CCC(C2CCC(c3ccc(OC(C)=O)cc3)CC2)CC1. The van der Waals surface area contributed by atoms with E-state index in [9.17, 15) is 4.79 Å². The molecule has 1 aromatic carbocycles. The van der Waals surface area contributed by atoms with Gasteiger partial charge in [0.05, 0.1) is 6.10 Å². The molecule has 3 rings (SSSR count). The molecule has 0 bridgehead atoms. The van der Waals surface area contributed by atoms with Gasteiger partial charge in [0, 0.05) is 13.5 Å². The molecule has 0 aromatic heterocycles. The molecule has 2 fully saturated rings. The molecule has 1 aromatic rings. The number of carbonyl (C=O) groups is 1. The minimum absolute atomic E-state index is 0.257. The first-order valence-corrected chi connectivity index (χ1v) is 10.1. The summed E-state index contributed by atoms with van der Waals surface area (Å²) in [6.07, 6.45) is 11.1. The van der Waals surface area contributed by atoms with Gasteiger partial charge in [0.1, 0.15) is 5.75 Å². The predicted molar refractivity (Wildman–Crippen MR) is 99.8 cm³/mol. The summed E-state index contributed by atoms with van der Waals surface area (Å²) in [5.41, 5.74) is 1.40. The Morgan fingerprint density at radius 3 is 2.00 bits per heavy atom. The van der Waals surface area contributed by atoms with Crippen LogP contribution in [0.2, 0.25) is 0 Å². The Balaban J connectivity index is 1.46. The Kier molecular flexibility index (Phi) is 6.52. The van der Waals surface area contributed by atoms with Gasteiger partial charge in [0.25, 0.3) is 0 Å². The molecule has 0 heterocycles. The number of hydrogen-bond donors (Lipinski definition) is 0. The third kappa shape index (κ3) is 5.07. The molecule has 2 aliphatic rings. The summed E-state index contributed by atoms with van der Waals surface area (Å²) >= 11 is 0. The van der Waals surface area contributed by atoms with Crippen molar-refractivity contribution >= 4 is 5.97 Å². The van der Waals surface area contributed by atoms with Crippen molar-refractivity contribution in [3.8, 4) is 5.75 Å². The summed E-state index contributed by atoms with van der Waals surface area (Å²) in [6, 6.07) is 8.13. The lowest BCUT2D eigenvalue weighted by atomic mass is 9.69. The molecule has 0 radical (unpaired) electrons. The van der Waals surface area contributed by atoms with Crippen LogP contribution in [0.1, 0.15) is 76.7 Å². The van der Waals surface area contributed by atoms with Crippen molar-refractivity contribution < 1.29 is 14.3 Å². The van der Waals surface area contributed by atoms with Crippen molar-refractivity contribution in [3.63, 3.8) is 0 Å². The van der Waals surface area contributed by atoms with Gasteiger partial charge in [-0.1, -0.05) is 12.1 Å². The zero-order valence-electron chi connectivity index (χ0n) is 15.7. The highest BCUT2D eigenvalue weighted by molar-refractivity contribution is 5.69. The van der Waals surface area contributed by atoms with E-state index in [0.29, 0.717) is 17.8 Å². The Bertz CT molecular complexity index is 535. The number of hydrogen-bond acceptors (Lipinski definition) is 3. The summed E-state index contributed by atoms with van der Waals surface area (Å²) < 4.78 is 10.9. The zero-order valence-corrected chi connectivity index (χ0v) is 15.7. The van der Waals surface area contributed by atoms with Crippen LogP contribution in [0.25, 0.3) is 0 Å². The maximum absolute atomic E-state index is 11.0. The Morgan fingerprint density at radius 1 is 0.920 bits per heavy atom. The van der Waals surface area contributed by atoms with Gasteiger partial charge in [-0.25, -0.2) is 0 Å². The molecule has 0 aliphatic heterocycles. The first-order valence-electron chi connectivity index (χ1n) is 10.1. The molecule has 0 amide bonds. The van der Waals surface area contributed by atoms with Crippen molar-refractivity contribution in [2.24, 2.45) is 11.8 Å². The average molecular weight is 344 g/mol. The molecule has 0 atom stereocenters. The summed E-state index contributed by atoms with van der Waals surface area (Å²) in [6.45, 7) is 4.40. The highest BCUT2D eigenvalue weighted by Crippen LogP contribution is 2.43. The van der Waals surface area contributed by atoms with E-state index < -0.39 is 0 Å². The number of benzene rings is 1. The van der Waals surface area contributed by atoms with Crippen LogP contribution >= 0.6 is 0 Å². The molecule has 138 valence electrons. The fraction of sp³-hybridized carbons (Fsp3) is 0.682. The third-order valence-electron chi connectivity index (χ3n) is 6.17. The molecule has 0 unspecified atom stereocenters. The van der Waals surface area contributed by atoms with E-state index in [-0.39, 0.29) is 5.97 Å². The van der Waals surface area contributed by atoms with Crippen LogP contribution in [0.5, 0.6) is 5.75 Å². The van der Waals surface area contributed by atoms with Gasteiger partial charge in [0.2, 0.25) is 0 Å². The van der Waals surface area contributed by atoms with Gasteiger partial charge in [-0.15, -0.1) is 0 Å². The monoisotopic (exact) mass is 344 g/mol. The fourth-order valence-corrected chi connectivity index (χ4v) is 4.86. The lowest BCUT2D eigenvalue weighted by molar-refractivity contribution is -0.131. The summed E-state index contributed by atoms with van der Waals surface area (Å²) in [4.78, 5) is 11.0. The molecule has 3 heteroatoms. The van der Waals surface area contributed by atoms with Crippen LogP contribution in [0.4, 0.5) is 0 Å². The molecule has 25 heavy (non-hydrogen) atoms.